The van der Waals surface area contributed by atoms with Gasteiger partial charge in [-0.3, -0.25) is 0 Å². The fourth-order valence-corrected chi connectivity index (χ4v) is 3.27. The molecule has 1 aliphatic rings. The fourth-order valence-electron chi connectivity index (χ4n) is 3.27. The van der Waals surface area contributed by atoms with Crippen molar-refractivity contribution in [3.8, 4) is 0 Å². The maximum absolute atomic E-state index is 12.5. The lowest BCUT2D eigenvalue weighted by Crippen LogP contribution is -2.50. The van der Waals surface area contributed by atoms with Crippen molar-refractivity contribution in [2.45, 2.75) is 19.8 Å². The number of amides is 2. The molecule has 0 aromatic heterocycles. The Kier molecular flexibility index (Phi) is 6.19. The minimum Gasteiger partial charge on any atom is -0.465 e. The molecule has 0 spiro atoms. The molecular formula is C22H27N3O3. The number of hydrogen-bond acceptors (Lipinski definition) is 4. The normalized spacial score (nSPS) is 14.1. The fraction of sp³-hybridized carbons (Fsp3) is 0.364. The molecule has 1 aliphatic heterocycles. The number of ether oxygens (including phenoxy) is 1. The number of carbonyl (C=O) groups excluding carboxylic acids is 2. The molecule has 1 fully saturated rings. The summed E-state index contributed by atoms with van der Waals surface area (Å²) in [6.07, 6.45) is 0. The SMILES string of the molecule is COC(=O)c1cccc(N2CCN(C(=O)Nc3ccc(C(C)C)cc3)CC2)c1. The van der Waals surface area contributed by atoms with Gasteiger partial charge in [-0.1, -0.05) is 32.0 Å². The summed E-state index contributed by atoms with van der Waals surface area (Å²) in [5, 5.41) is 2.97. The van der Waals surface area contributed by atoms with Gasteiger partial charge in [-0.15, -0.1) is 0 Å². The lowest BCUT2D eigenvalue weighted by atomic mass is 10.0. The summed E-state index contributed by atoms with van der Waals surface area (Å²) in [5.74, 6) is 0.124. The Morgan fingerprint density at radius 2 is 1.68 bits per heavy atom. The minimum absolute atomic E-state index is 0.0831. The number of methoxy groups -OCH3 is 1. The molecule has 0 atom stereocenters. The summed E-state index contributed by atoms with van der Waals surface area (Å²) in [6, 6.07) is 15.3. The van der Waals surface area contributed by atoms with Crippen LogP contribution in [0.2, 0.25) is 0 Å². The smallest absolute Gasteiger partial charge is 0.337 e. The lowest BCUT2D eigenvalue weighted by Gasteiger charge is -2.36. The van der Waals surface area contributed by atoms with E-state index in [1.165, 1.54) is 12.7 Å². The molecule has 1 saturated heterocycles. The van der Waals surface area contributed by atoms with E-state index < -0.39 is 0 Å². The Morgan fingerprint density at radius 3 is 2.29 bits per heavy atom. The van der Waals surface area contributed by atoms with Crippen LogP contribution in [0.25, 0.3) is 0 Å². The molecule has 3 rings (SSSR count). The summed E-state index contributed by atoms with van der Waals surface area (Å²) < 4.78 is 4.79. The van der Waals surface area contributed by atoms with Crippen LogP contribution in [0, 0.1) is 0 Å². The van der Waals surface area contributed by atoms with E-state index in [-0.39, 0.29) is 12.0 Å². The first-order valence-corrected chi connectivity index (χ1v) is 9.57. The lowest BCUT2D eigenvalue weighted by molar-refractivity contribution is 0.0600. The van der Waals surface area contributed by atoms with Crippen LogP contribution in [0.3, 0.4) is 0 Å². The van der Waals surface area contributed by atoms with Crippen molar-refractivity contribution in [2.75, 3.05) is 43.5 Å². The Labute approximate surface area is 166 Å². The number of hydrogen-bond donors (Lipinski definition) is 1. The van der Waals surface area contributed by atoms with Crippen LogP contribution in [0.4, 0.5) is 16.2 Å². The van der Waals surface area contributed by atoms with Crippen molar-refractivity contribution in [3.05, 3.63) is 59.7 Å². The number of nitrogens with zero attached hydrogens (tertiary/aromatic N) is 2. The molecule has 1 heterocycles. The van der Waals surface area contributed by atoms with Crippen molar-refractivity contribution in [2.24, 2.45) is 0 Å². The monoisotopic (exact) mass is 381 g/mol. The molecule has 148 valence electrons. The average Bonchev–Trinajstić information content (AvgIpc) is 2.73. The molecule has 1 N–H and O–H groups in total. The Hall–Kier alpha value is -3.02. The Balaban J connectivity index is 1.56. The molecule has 6 nitrogen and oxygen atoms in total. The van der Waals surface area contributed by atoms with Crippen molar-refractivity contribution < 1.29 is 14.3 Å². The van der Waals surface area contributed by atoms with Gasteiger partial charge in [0.1, 0.15) is 0 Å². The van der Waals surface area contributed by atoms with Crippen LogP contribution in [-0.2, 0) is 4.74 Å². The standard InChI is InChI=1S/C22H27N3O3/c1-16(2)17-7-9-19(10-8-17)23-22(27)25-13-11-24(12-14-25)20-6-4-5-18(15-20)21(26)28-3/h4-10,15-16H,11-14H2,1-3H3,(H,23,27). The van der Waals surface area contributed by atoms with Gasteiger partial charge in [0.05, 0.1) is 12.7 Å². The van der Waals surface area contributed by atoms with E-state index in [1.54, 1.807) is 6.07 Å². The van der Waals surface area contributed by atoms with Gasteiger partial charge in [0.25, 0.3) is 0 Å². The van der Waals surface area contributed by atoms with Gasteiger partial charge in [0.15, 0.2) is 0 Å². The zero-order chi connectivity index (χ0) is 20.1. The highest BCUT2D eigenvalue weighted by molar-refractivity contribution is 5.91. The first kappa shape index (κ1) is 19.7. The first-order chi connectivity index (χ1) is 13.5. The number of anilines is 2. The predicted octanol–water partition coefficient (Wildman–Crippen LogP) is 3.95. The highest BCUT2D eigenvalue weighted by atomic mass is 16.5. The molecule has 0 unspecified atom stereocenters. The molecule has 0 radical (unpaired) electrons. The summed E-state index contributed by atoms with van der Waals surface area (Å²) in [5.41, 5.74) is 3.56. The molecule has 0 aliphatic carbocycles. The number of urea groups is 1. The van der Waals surface area contributed by atoms with Gasteiger partial charge >= 0.3 is 12.0 Å². The molecule has 28 heavy (non-hydrogen) atoms. The predicted molar refractivity (Wildman–Crippen MR) is 111 cm³/mol. The second kappa shape index (κ2) is 8.78. The second-order valence-electron chi connectivity index (χ2n) is 7.22. The topological polar surface area (TPSA) is 61.9 Å². The Morgan fingerprint density at radius 1 is 1.00 bits per heavy atom. The van der Waals surface area contributed by atoms with Crippen molar-refractivity contribution in [1.82, 2.24) is 4.90 Å². The molecule has 6 heteroatoms. The highest BCUT2D eigenvalue weighted by Crippen LogP contribution is 2.20. The van der Waals surface area contributed by atoms with Crippen molar-refractivity contribution >= 4 is 23.4 Å². The maximum atomic E-state index is 12.5. The number of piperazine rings is 1. The second-order valence-corrected chi connectivity index (χ2v) is 7.22. The molecule has 2 amide bonds. The largest absolute Gasteiger partial charge is 0.465 e. The van der Waals surface area contributed by atoms with Crippen LogP contribution in [-0.4, -0.2) is 50.2 Å². The number of rotatable bonds is 4. The third kappa shape index (κ3) is 4.63. The van der Waals surface area contributed by atoms with E-state index in [2.05, 4.69) is 24.1 Å². The quantitative estimate of drug-likeness (QED) is 0.815. The number of carbonyl (C=O) groups is 2. The van der Waals surface area contributed by atoms with Crippen LogP contribution in [0.1, 0.15) is 35.7 Å². The summed E-state index contributed by atoms with van der Waals surface area (Å²) >= 11 is 0. The summed E-state index contributed by atoms with van der Waals surface area (Å²) in [7, 11) is 1.38. The van der Waals surface area contributed by atoms with Gasteiger partial charge in [-0.05, 0) is 41.8 Å². The van der Waals surface area contributed by atoms with Gasteiger partial charge in [-0.2, -0.15) is 0 Å². The number of esters is 1. The minimum atomic E-state index is -0.344. The van der Waals surface area contributed by atoms with E-state index in [0.29, 0.717) is 37.7 Å². The van der Waals surface area contributed by atoms with E-state index in [4.69, 9.17) is 4.74 Å². The van der Waals surface area contributed by atoms with Gasteiger partial charge in [-0.25, -0.2) is 9.59 Å². The van der Waals surface area contributed by atoms with Crippen molar-refractivity contribution in [1.29, 1.82) is 0 Å². The van der Waals surface area contributed by atoms with Gasteiger partial charge in [0, 0.05) is 37.6 Å². The molecule has 2 aromatic carbocycles. The molecule has 2 aromatic rings. The molecule has 0 saturated carbocycles. The Bertz CT molecular complexity index is 825. The zero-order valence-corrected chi connectivity index (χ0v) is 16.6. The summed E-state index contributed by atoms with van der Waals surface area (Å²) in [4.78, 5) is 28.3. The van der Waals surface area contributed by atoms with Crippen LogP contribution in [0.5, 0.6) is 0 Å². The van der Waals surface area contributed by atoms with E-state index in [1.807, 2.05) is 47.4 Å². The molecule has 0 bridgehead atoms. The summed E-state index contributed by atoms with van der Waals surface area (Å²) in [6.45, 7) is 6.97. The zero-order valence-electron chi connectivity index (χ0n) is 16.6. The van der Waals surface area contributed by atoms with Crippen molar-refractivity contribution in [3.63, 3.8) is 0 Å². The van der Waals surface area contributed by atoms with Crippen LogP contribution in [0.15, 0.2) is 48.5 Å². The van der Waals surface area contributed by atoms with Gasteiger partial charge < -0.3 is 19.9 Å². The average molecular weight is 381 g/mol. The van der Waals surface area contributed by atoms with Crippen LogP contribution >= 0.6 is 0 Å². The highest BCUT2D eigenvalue weighted by Gasteiger charge is 2.22. The van der Waals surface area contributed by atoms with E-state index >= 15 is 0 Å². The van der Waals surface area contributed by atoms with E-state index in [9.17, 15) is 9.59 Å². The maximum Gasteiger partial charge on any atom is 0.337 e. The molecular weight excluding hydrogens is 354 g/mol. The first-order valence-electron chi connectivity index (χ1n) is 9.57. The number of nitrogens with one attached hydrogen (secondary N) is 1. The third-order valence-electron chi connectivity index (χ3n) is 5.03. The number of benzene rings is 2. The van der Waals surface area contributed by atoms with Crippen LogP contribution < -0.4 is 10.2 Å². The third-order valence-corrected chi connectivity index (χ3v) is 5.03. The van der Waals surface area contributed by atoms with Gasteiger partial charge in [0.2, 0.25) is 0 Å². The van der Waals surface area contributed by atoms with E-state index in [0.717, 1.165) is 11.4 Å².